The number of nitrogens with two attached hydrogens (primary N) is 1. The number of aliphatic hydroxyl groups is 1. The summed E-state index contributed by atoms with van der Waals surface area (Å²) in [5.41, 5.74) is 4.90. The van der Waals surface area contributed by atoms with Crippen LogP contribution in [0.25, 0.3) is 0 Å². The van der Waals surface area contributed by atoms with Gasteiger partial charge in [-0.2, -0.15) is 0 Å². The Balaban J connectivity index is 3.69. The molecule has 4 nitrogen and oxygen atoms in total. The highest BCUT2D eigenvalue weighted by atomic mass is 16.3. The minimum absolute atomic E-state index is 0.237. The van der Waals surface area contributed by atoms with Gasteiger partial charge in [0.05, 0.1) is 0 Å². The van der Waals surface area contributed by atoms with Crippen LogP contribution in [0.15, 0.2) is 0 Å². The first-order valence-corrected chi connectivity index (χ1v) is 4.69. The number of rotatable bonds is 6. The van der Waals surface area contributed by atoms with Crippen LogP contribution in [-0.4, -0.2) is 29.7 Å². The van der Waals surface area contributed by atoms with Crippen LogP contribution >= 0.6 is 0 Å². The van der Waals surface area contributed by atoms with Crippen LogP contribution in [0.5, 0.6) is 0 Å². The molecule has 0 radical (unpaired) electrons. The fraction of sp³-hybridized carbons (Fsp3) is 0.889. The van der Waals surface area contributed by atoms with E-state index in [1.165, 1.54) is 0 Å². The van der Waals surface area contributed by atoms with E-state index in [1.807, 2.05) is 6.92 Å². The third-order valence-corrected chi connectivity index (χ3v) is 2.46. The molecule has 0 saturated carbocycles. The van der Waals surface area contributed by atoms with Crippen molar-refractivity contribution in [1.82, 2.24) is 5.32 Å². The molecule has 0 saturated heterocycles. The largest absolute Gasteiger partial charge is 0.382 e. The van der Waals surface area contributed by atoms with Crippen LogP contribution in [0.1, 0.15) is 27.2 Å². The van der Waals surface area contributed by atoms with Gasteiger partial charge in [0.25, 0.3) is 0 Å². The molecular formula is C9H20N2O2. The van der Waals surface area contributed by atoms with Gasteiger partial charge in [-0.3, -0.25) is 4.79 Å². The first kappa shape index (κ1) is 12.4. The zero-order valence-electron chi connectivity index (χ0n) is 8.58. The molecule has 0 spiro atoms. The number of amides is 1. The summed E-state index contributed by atoms with van der Waals surface area (Å²) < 4.78 is 0. The van der Waals surface area contributed by atoms with Gasteiger partial charge in [-0.05, 0) is 12.8 Å². The lowest BCUT2D eigenvalue weighted by molar-refractivity contribution is -0.125. The van der Waals surface area contributed by atoms with Crippen molar-refractivity contribution in [3.63, 3.8) is 0 Å². The molecule has 3 unspecified atom stereocenters. The van der Waals surface area contributed by atoms with E-state index in [-0.39, 0.29) is 6.54 Å². The van der Waals surface area contributed by atoms with E-state index in [4.69, 9.17) is 10.8 Å². The molecule has 0 aliphatic heterocycles. The molecule has 13 heavy (non-hydrogen) atoms. The van der Waals surface area contributed by atoms with Crippen molar-refractivity contribution in [2.24, 2.45) is 11.7 Å². The second kappa shape index (κ2) is 5.94. The molecular weight excluding hydrogens is 168 g/mol. The lowest BCUT2D eigenvalue weighted by Gasteiger charge is -2.20. The first-order valence-electron chi connectivity index (χ1n) is 4.69. The molecule has 0 aliphatic carbocycles. The molecule has 0 aliphatic rings. The van der Waals surface area contributed by atoms with Crippen molar-refractivity contribution < 1.29 is 9.90 Å². The summed E-state index contributed by atoms with van der Waals surface area (Å²) in [6, 6.07) is 0.291. The Morgan fingerprint density at radius 2 is 2.08 bits per heavy atom. The lowest BCUT2D eigenvalue weighted by Crippen LogP contribution is -2.42. The van der Waals surface area contributed by atoms with Crippen LogP contribution in [0.4, 0.5) is 0 Å². The van der Waals surface area contributed by atoms with Crippen molar-refractivity contribution in [3.8, 4) is 0 Å². The summed E-state index contributed by atoms with van der Waals surface area (Å²) in [5, 5.41) is 12.2. The molecule has 4 N–H and O–H groups in total. The average Bonchev–Trinajstić information content (AvgIpc) is 2.11. The maximum absolute atomic E-state index is 10.5. The van der Waals surface area contributed by atoms with Gasteiger partial charge in [-0.25, -0.2) is 0 Å². The highest BCUT2D eigenvalue weighted by molar-refractivity contribution is 5.78. The van der Waals surface area contributed by atoms with Crippen molar-refractivity contribution in [2.75, 3.05) is 6.54 Å². The van der Waals surface area contributed by atoms with E-state index >= 15 is 0 Å². The minimum Gasteiger partial charge on any atom is -0.382 e. The van der Waals surface area contributed by atoms with E-state index in [2.05, 4.69) is 19.2 Å². The number of hydrogen-bond donors (Lipinski definition) is 3. The lowest BCUT2D eigenvalue weighted by atomic mass is 10.0. The predicted octanol–water partition coefficient (Wildman–Crippen LogP) is -0.143. The van der Waals surface area contributed by atoms with Gasteiger partial charge in [-0.1, -0.05) is 20.3 Å². The Labute approximate surface area is 79.5 Å². The number of hydrogen-bond acceptors (Lipinski definition) is 3. The number of nitrogens with one attached hydrogen (secondary N) is 1. The van der Waals surface area contributed by atoms with Crippen molar-refractivity contribution in [2.45, 2.75) is 39.3 Å². The summed E-state index contributed by atoms with van der Waals surface area (Å²) >= 11 is 0. The van der Waals surface area contributed by atoms with E-state index in [9.17, 15) is 4.79 Å². The van der Waals surface area contributed by atoms with Crippen molar-refractivity contribution >= 4 is 5.91 Å². The smallest absolute Gasteiger partial charge is 0.247 e. The van der Waals surface area contributed by atoms with Crippen LogP contribution in [0.2, 0.25) is 0 Å². The Bertz CT molecular complexity index is 162. The summed E-state index contributed by atoms with van der Waals surface area (Å²) in [5.74, 6) is -0.149. The third-order valence-electron chi connectivity index (χ3n) is 2.46. The quantitative estimate of drug-likeness (QED) is 0.543. The molecule has 0 aromatic heterocycles. The topological polar surface area (TPSA) is 75.3 Å². The van der Waals surface area contributed by atoms with Gasteiger partial charge in [0.1, 0.15) is 6.10 Å². The molecule has 0 fully saturated rings. The fourth-order valence-corrected chi connectivity index (χ4v) is 0.953. The van der Waals surface area contributed by atoms with Gasteiger partial charge in [0.2, 0.25) is 5.91 Å². The van der Waals surface area contributed by atoms with E-state index in [0.717, 1.165) is 6.42 Å². The minimum atomic E-state index is -1.08. The fourth-order valence-electron chi connectivity index (χ4n) is 0.953. The Hall–Kier alpha value is -0.610. The van der Waals surface area contributed by atoms with Gasteiger partial charge in [0, 0.05) is 12.6 Å². The molecule has 78 valence electrons. The Kier molecular flexibility index (Phi) is 5.66. The Morgan fingerprint density at radius 3 is 2.46 bits per heavy atom. The number of carbonyl (C=O) groups excluding carboxylic acids is 1. The predicted molar refractivity (Wildman–Crippen MR) is 52.1 cm³/mol. The SMILES string of the molecule is CCC(C)C(C)NCC(O)C(N)=O. The maximum atomic E-state index is 10.5. The summed E-state index contributed by atoms with van der Waals surface area (Å²) in [7, 11) is 0. The van der Waals surface area contributed by atoms with E-state index in [1.54, 1.807) is 0 Å². The number of carbonyl (C=O) groups is 1. The number of aliphatic hydroxyl groups excluding tert-OH is 1. The second-order valence-corrected chi connectivity index (χ2v) is 3.50. The molecule has 0 heterocycles. The van der Waals surface area contributed by atoms with Crippen molar-refractivity contribution in [1.29, 1.82) is 0 Å². The standard InChI is InChI=1S/C9H20N2O2/c1-4-6(2)7(3)11-5-8(12)9(10)13/h6-8,11-12H,4-5H2,1-3H3,(H2,10,13). The van der Waals surface area contributed by atoms with Gasteiger partial charge >= 0.3 is 0 Å². The number of primary amides is 1. The molecule has 1 amide bonds. The highest BCUT2D eigenvalue weighted by Crippen LogP contribution is 2.06. The molecule has 0 aromatic rings. The third kappa shape index (κ3) is 4.85. The zero-order chi connectivity index (χ0) is 10.4. The van der Waals surface area contributed by atoms with Gasteiger partial charge < -0.3 is 16.2 Å². The van der Waals surface area contributed by atoms with Crippen LogP contribution in [-0.2, 0) is 4.79 Å². The normalized spacial score (nSPS) is 17.8. The van der Waals surface area contributed by atoms with Crippen molar-refractivity contribution in [3.05, 3.63) is 0 Å². The van der Waals surface area contributed by atoms with Crippen LogP contribution in [0.3, 0.4) is 0 Å². The highest BCUT2D eigenvalue weighted by Gasteiger charge is 2.14. The van der Waals surface area contributed by atoms with Crippen LogP contribution in [0, 0.1) is 5.92 Å². The molecule has 0 rings (SSSR count). The molecule has 0 aromatic carbocycles. The van der Waals surface area contributed by atoms with Gasteiger partial charge in [-0.15, -0.1) is 0 Å². The summed E-state index contributed by atoms with van der Waals surface area (Å²) in [6.45, 7) is 6.49. The Morgan fingerprint density at radius 1 is 1.54 bits per heavy atom. The van der Waals surface area contributed by atoms with Crippen LogP contribution < -0.4 is 11.1 Å². The summed E-state index contributed by atoms with van der Waals surface area (Å²) in [6.07, 6.45) is -0.00704. The zero-order valence-corrected chi connectivity index (χ0v) is 8.58. The van der Waals surface area contributed by atoms with E-state index < -0.39 is 12.0 Å². The monoisotopic (exact) mass is 188 g/mol. The van der Waals surface area contributed by atoms with Gasteiger partial charge in [0.15, 0.2) is 0 Å². The average molecular weight is 188 g/mol. The molecule has 3 atom stereocenters. The second-order valence-electron chi connectivity index (χ2n) is 3.50. The summed E-state index contributed by atoms with van der Waals surface area (Å²) in [4.78, 5) is 10.5. The molecule has 0 bridgehead atoms. The first-order chi connectivity index (χ1) is 5.99. The maximum Gasteiger partial charge on any atom is 0.247 e. The van der Waals surface area contributed by atoms with E-state index in [0.29, 0.717) is 12.0 Å². The molecule has 4 heteroatoms.